The van der Waals surface area contributed by atoms with Crippen molar-refractivity contribution in [1.29, 1.82) is 0 Å². The molecule has 0 saturated carbocycles. The first-order valence-corrected chi connectivity index (χ1v) is 17.9. The molecule has 0 amide bonds. The zero-order chi connectivity index (χ0) is 25.0. The van der Waals surface area contributed by atoms with E-state index >= 15 is 0 Å². The second-order valence-corrected chi connectivity index (χ2v) is 22.1. The first kappa shape index (κ1) is 29.7. The van der Waals surface area contributed by atoms with Gasteiger partial charge in [-0.25, -0.2) is 0 Å². The molecular weight excluding hydrogens is 436 g/mol. The predicted octanol–water partition coefficient (Wildman–Crippen LogP) is 6.70. The van der Waals surface area contributed by atoms with Crippen LogP contribution in [0, 0.1) is 5.92 Å². The molecule has 0 aliphatic carbocycles. The molecule has 0 radical (unpaired) electrons. The molecule has 7 heteroatoms. The Labute approximate surface area is 199 Å². The molecule has 5 nitrogen and oxygen atoms in total. The molecule has 0 N–H and O–H groups in total. The van der Waals surface area contributed by atoms with Crippen LogP contribution < -0.4 is 0 Å². The van der Waals surface area contributed by atoms with Crippen LogP contribution in [0.1, 0.15) is 68.2 Å². The van der Waals surface area contributed by atoms with Crippen molar-refractivity contribution in [3.8, 4) is 0 Å². The molecule has 1 rings (SSSR count). The molecule has 0 spiro atoms. The van der Waals surface area contributed by atoms with Gasteiger partial charge in [0.05, 0.1) is 25.7 Å². The van der Waals surface area contributed by atoms with Crippen molar-refractivity contribution < 1.29 is 23.1 Å². The normalized spacial score (nSPS) is 20.0. The maximum absolute atomic E-state index is 12.5. The lowest BCUT2D eigenvalue weighted by Gasteiger charge is -2.41. The molecule has 0 aromatic rings. The molecular formula is C25H50O5Si2. The molecule has 0 aromatic heterocycles. The number of ketones is 1. The van der Waals surface area contributed by atoms with Crippen LogP contribution in [0.5, 0.6) is 0 Å². The largest absolute Gasteiger partial charge is 0.417 e. The topological polar surface area (TPSA) is 54.0 Å². The maximum Gasteiger partial charge on any atom is 0.192 e. The summed E-state index contributed by atoms with van der Waals surface area (Å²) in [4.78, 5) is 12.5. The first-order chi connectivity index (χ1) is 14.3. The smallest absolute Gasteiger partial charge is 0.192 e. The van der Waals surface area contributed by atoms with E-state index in [1.165, 1.54) is 0 Å². The summed E-state index contributed by atoms with van der Waals surface area (Å²) in [6.45, 7) is 28.4. The summed E-state index contributed by atoms with van der Waals surface area (Å²) in [7, 11) is -3.78. The lowest BCUT2D eigenvalue weighted by molar-refractivity contribution is -0.155. The Morgan fingerprint density at radius 1 is 1.00 bits per heavy atom. The lowest BCUT2D eigenvalue weighted by atomic mass is 10.0. The Kier molecular flexibility index (Phi) is 10.2. The SMILES string of the molecule is C[C@@H](/C=C/C(=O)CC1(C)OCCO1)[C@H](CCO[Si](C)(C)C(C)(C)C)O[Si](C)(C)C(C)(C)C. The number of hydrogen-bond donors (Lipinski definition) is 0. The Bertz CT molecular complexity index is 638. The minimum absolute atomic E-state index is 0.0132. The van der Waals surface area contributed by atoms with Gasteiger partial charge in [0.15, 0.2) is 28.2 Å². The van der Waals surface area contributed by atoms with Gasteiger partial charge in [-0.05, 0) is 61.6 Å². The first-order valence-electron chi connectivity index (χ1n) is 12.1. The van der Waals surface area contributed by atoms with E-state index in [0.29, 0.717) is 19.8 Å². The highest BCUT2D eigenvalue weighted by molar-refractivity contribution is 6.74. The molecule has 32 heavy (non-hydrogen) atoms. The van der Waals surface area contributed by atoms with Crippen molar-refractivity contribution in [2.24, 2.45) is 5.92 Å². The number of hydrogen-bond acceptors (Lipinski definition) is 5. The van der Waals surface area contributed by atoms with E-state index in [-0.39, 0.29) is 34.3 Å². The Morgan fingerprint density at radius 3 is 1.97 bits per heavy atom. The monoisotopic (exact) mass is 486 g/mol. The predicted molar refractivity (Wildman–Crippen MR) is 138 cm³/mol. The van der Waals surface area contributed by atoms with E-state index in [9.17, 15) is 4.79 Å². The van der Waals surface area contributed by atoms with Crippen LogP contribution in [0.2, 0.25) is 36.3 Å². The van der Waals surface area contributed by atoms with Crippen LogP contribution in [-0.2, 0) is 23.1 Å². The van der Waals surface area contributed by atoms with Gasteiger partial charge in [-0.1, -0.05) is 54.5 Å². The van der Waals surface area contributed by atoms with Crippen molar-refractivity contribution in [3.63, 3.8) is 0 Å². The molecule has 2 atom stereocenters. The Morgan fingerprint density at radius 2 is 1.50 bits per heavy atom. The van der Waals surface area contributed by atoms with Crippen LogP contribution in [0.25, 0.3) is 0 Å². The van der Waals surface area contributed by atoms with Crippen molar-refractivity contribution in [2.45, 2.75) is 116 Å². The van der Waals surface area contributed by atoms with E-state index in [1.54, 1.807) is 6.08 Å². The number of ether oxygens (including phenoxy) is 2. The molecule has 1 aliphatic heterocycles. The third-order valence-electron chi connectivity index (χ3n) is 7.49. The minimum Gasteiger partial charge on any atom is -0.417 e. The van der Waals surface area contributed by atoms with Crippen LogP contribution in [0.15, 0.2) is 12.2 Å². The molecule has 0 unspecified atom stereocenters. The molecule has 1 saturated heterocycles. The van der Waals surface area contributed by atoms with Gasteiger partial charge in [0.1, 0.15) is 0 Å². The fraction of sp³-hybridized carbons (Fsp3) is 0.880. The van der Waals surface area contributed by atoms with Crippen LogP contribution in [-0.4, -0.2) is 54.1 Å². The molecule has 1 fully saturated rings. The summed E-state index contributed by atoms with van der Waals surface area (Å²) in [5.41, 5.74) is 0. The van der Waals surface area contributed by atoms with Gasteiger partial charge in [0.25, 0.3) is 0 Å². The highest BCUT2D eigenvalue weighted by Gasteiger charge is 2.41. The standard InChI is InChI=1S/C25H50O5Si2/c1-20(13-14-21(26)19-25(8)27-17-18-28-25)22(30-32(11,12)24(5,6)7)15-16-29-31(9,10)23(2,3)4/h13-14,20,22H,15-19H2,1-12H3/b14-13+/t20-,22-/m0/s1. The lowest BCUT2D eigenvalue weighted by Crippen LogP contribution is -2.46. The zero-order valence-electron chi connectivity index (χ0n) is 22.9. The highest BCUT2D eigenvalue weighted by Crippen LogP contribution is 2.39. The molecule has 0 bridgehead atoms. The minimum atomic E-state index is -1.96. The van der Waals surface area contributed by atoms with Gasteiger partial charge >= 0.3 is 0 Å². The summed E-state index contributed by atoms with van der Waals surface area (Å²) >= 11 is 0. The van der Waals surface area contributed by atoms with Crippen LogP contribution >= 0.6 is 0 Å². The number of allylic oxidation sites excluding steroid dienone is 1. The molecule has 188 valence electrons. The summed E-state index contributed by atoms with van der Waals surface area (Å²) in [5.74, 6) is -0.669. The van der Waals surface area contributed by atoms with E-state index in [0.717, 1.165) is 6.42 Å². The average molecular weight is 487 g/mol. The van der Waals surface area contributed by atoms with Crippen LogP contribution in [0.4, 0.5) is 0 Å². The second kappa shape index (κ2) is 11.0. The third-order valence-corrected chi connectivity index (χ3v) is 16.5. The van der Waals surface area contributed by atoms with E-state index < -0.39 is 22.4 Å². The molecule has 1 aliphatic rings. The van der Waals surface area contributed by atoms with Gasteiger partial charge in [-0.3, -0.25) is 4.79 Å². The molecule has 0 aromatic carbocycles. The summed E-state index contributed by atoms with van der Waals surface area (Å²) in [6.07, 6.45) is 4.74. The number of carbonyl (C=O) groups is 1. The van der Waals surface area contributed by atoms with Crippen molar-refractivity contribution in [3.05, 3.63) is 12.2 Å². The Hall–Kier alpha value is -0.316. The summed E-state index contributed by atoms with van der Waals surface area (Å²) in [5, 5.41) is 0.303. The van der Waals surface area contributed by atoms with Gasteiger partial charge in [0.2, 0.25) is 0 Å². The van der Waals surface area contributed by atoms with Gasteiger partial charge < -0.3 is 18.3 Å². The summed E-state index contributed by atoms with van der Waals surface area (Å²) < 4.78 is 24.4. The maximum atomic E-state index is 12.5. The average Bonchev–Trinajstić information content (AvgIpc) is 3.02. The van der Waals surface area contributed by atoms with Gasteiger partial charge in [-0.15, -0.1) is 0 Å². The number of carbonyl (C=O) groups excluding carboxylic acids is 1. The van der Waals surface area contributed by atoms with E-state index in [4.69, 9.17) is 18.3 Å². The van der Waals surface area contributed by atoms with Crippen LogP contribution in [0.3, 0.4) is 0 Å². The quantitative estimate of drug-likeness (QED) is 0.240. The van der Waals surface area contributed by atoms with Crippen molar-refractivity contribution in [1.82, 2.24) is 0 Å². The van der Waals surface area contributed by atoms with E-state index in [1.807, 2.05) is 13.0 Å². The van der Waals surface area contributed by atoms with Gasteiger partial charge in [0, 0.05) is 6.61 Å². The van der Waals surface area contributed by atoms with Gasteiger partial charge in [-0.2, -0.15) is 0 Å². The van der Waals surface area contributed by atoms with Crippen molar-refractivity contribution in [2.75, 3.05) is 19.8 Å². The fourth-order valence-electron chi connectivity index (χ4n) is 3.05. The fourth-order valence-corrected chi connectivity index (χ4v) is 5.55. The zero-order valence-corrected chi connectivity index (χ0v) is 24.9. The third kappa shape index (κ3) is 8.80. The molecule has 1 heterocycles. The Balaban J connectivity index is 2.87. The number of rotatable bonds is 11. The van der Waals surface area contributed by atoms with E-state index in [2.05, 4.69) is 74.7 Å². The summed E-state index contributed by atoms with van der Waals surface area (Å²) in [6, 6.07) is 0. The second-order valence-electron chi connectivity index (χ2n) is 12.5. The highest BCUT2D eigenvalue weighted by atomic mass is 28.4. The van der Waals surface area contributed by atoms with Crippen molar-refractivity contribution >= 4 is 22.4 Å².